The van der Waals surface area contributed by atoms with Gasteiger partial charge < -0.3 is 19.7 Å². The lowest BCUT2D eigenvalue weighted by atomic mass is 9.88. The lowest BCUT2D eigenvalue weighted by molar-refractivity contribution is -0.124. The van der Waals surface area contributed by atoms with E-state index in [1.165, 1.54) is 6.07 Å². The number of amides is 1. The summed E-state index contributed by atoms with van der Waals surface area (Å²) in [6.45, 7) is 0.265. The summed E-state index contributed by atoms with van der Waals surface area (Å²) in [5.74, 6) is -0.543. The van der Waals surface area contributed by atoms with E-state index in [0.29, 0.717) is 23.4 Å². The summed E-state index contributed by atoms with van der Waals surface area (Å²) in [5.41, 5.74) is 2.32. The fraction of sp³-hybridized carbons (Fsp3) is 0.308. The van der Waals surface area contributed by atoms with Crippen LogP contribution in [-0.2, 0) is 17.9 Å². The summed E-state index contributed by atoms with van der Waals surface area (Å²) in [4.78, 5) is 26.3. The van der Waals surface area contributed by atoms with Gasteiger partial charge in [0.1, 0.15) is 11.6 Å². The number of hydrogen-bond donors (Lipinski definition) is 3. The van der Waals surface area contributed by atoms with Crippen LogP contribution in [0.15, 0.2) is 65.5 Å². The zero-order valence-electron chi connectivity index (χ0n) is 18.7. The highest BCUT2D eigenvalue weighted by Crippen LogP contribution is 2.43. The molecule has 2 aliphatic heterocycles. The van der Waals surface area contributed by atoms with Crippen molar-refractivity contribution in [3.05, 3.63) is 88.1 Å². The molecular formula is C26H26FN3O4. The van der Waals surface area contributed by atoms with E-state index in [-0.39, 0.29) is 48.3 Å². The van der Waals surface area contributed by atoms with Crippen LogP contribution >= 0.6 is 0 Å². The molecule has 2 aliphatic rings. The maximum atomic E-state index is 13.9. The van der Waals surface area contributed by atoms with Crippen molar-refractivity contribution in [1.29, 1.82) is 0 Å². The highest BCUT2D eigenvalue weighted by atomic mass is 19.1. The van der Waals surface area contributed by atoms with E-state index < -0.39 is 6.04 Å². The molecule has 8 heteroatoms. The average Bonchev–Trinajstić information content (AvgIpc) is 3.40. The Bertz CT molecular complexity index is 1290. The number of methoxy groups -OCH3 is 1. The predicted octanol–water partition coefficient (Wildman–Crippen LogP) is 2.23. The van der Waals surface area contributed by atoms with Crippen molar-refractivity contribution in [3.8, 4) is 16.9 Å². The third-order valence-electron chi connectivity index (χ3n) is 6.99. The van der Waals surface area contributed by atoms with Gasteiger partial charge in [0.15, 0.2) is 0 Å². The number of fused-ring (bicyclic) bond motifs is 3. The molecule has 0 spiro atoms. The summed E-state index contributed by atoms with van der Waals surface area (Å²) >= 11 is 0. The van der Waals surface area contributed by atoms with Gasteiger partial charge in [0.2, 0.25) is 5.91 Å². The zero-order chi connectivity index (χ0) is 23.8. The minimum absolute atomic E-state index is 0.0650. The number of aliphatic hydroxyl groups excluding tert-OH is 1. The third kappa shape index (κ3) is 3.69. The Morgan fingerprint density at radius 3 is 2.68 bits per heavy atom. The summed E-state index contributed by atoms with van der Waals surface area (Å²) < 4.78 is 21.1. The second-order valence-electron chi connectivity index (χ2n) is 8.73. The van der Waals surface area contributed by atoms with E-state index in [4.69, 9.17) is 4.74 Å². The summed E-state index contributed by atoms with van der Waals surface area (Å²) in [6, 6.07) is 16.5. The molecule has 0 aliphatic carbocycles. The van der Waals surface area contributed by atoms with Gasteiger partial charge in [-0.2, -0.15) is 0 Å². The molecule has 2 aromatic carbocycles. The molecule has 5 rings (SSSR count). The Morgan fingerprint density at radius 1 is 1.15 bits per heavy atom. The van der Waals surface area contributed by atoms with Crippen molar-refractivity contribution in [2.75, 3.05) is 13.7 Å². The molecule has 4 atom stereocenters. The number of rotatable bonds is 6. The number of halogens is 1. The number of carbonyl (C=O) groups is 1. The summed E-state index contributed by atoms with van der Waals surface area (Å²) in [5, 5.41) is 16.2. The molecule has 0 radical (unpaired) electrons. The van der Waals surface area contributed by atoms with Crippen molar-refractivity contribution in [1.82, 2.24) is 15.2 Å². The van der Waals surface area contributed by atoms with Gasteiger partial charge in [-0.15, -0.1) is 0 Å². The van der Waals surface area contributed by atoms with Crippen LogP contribution in [0.3, 0.4) is 0 Å². The standard InChI is InChI=1S/C26H26FN3O4/c1-34-22-9-5-3-7-16(22)17-10-11-21-23-18(13-30(21)26(17)33)19(14-31)24(29-23)25(32)28-12-15-6-2-4-8-20(15)27/h2-11,18-19,23-24,29,31H,12-14H2,1H3,(H,28,32)/t18-,19-,23+,24-/m1/s1. The molecule has 3 N–H and O–H groups in total. The molecule has 1 amide bonds. The van der Waals surface area contributed by atoms with Gasteiger partial charge in [-0.25, -0.2) is 4.39 Å². The molecule has 3 heterocycles. The molecule has 176 valence electrons. The summed E-state index contributed by atoms with van der Waals surface area (Å²) in [7, 11) is 1.57. The second-order valence-corrected chi connectivity index (χ2v) is 8.73. The second kappa shape index (κ2) is 9.04. The van der Waals surface area contributed by atoms with Gasteiger partial charge in [-0.3, -0.25) is 14.9 Å². The van der Waals surface area contributed by atoms with Crippen molar-refractivity contribution < 1.29 is 19.0 Å². The molecule has 3 aromatic rings. The van der Waals surface area contributed by atoms with Crippen LogP contribution in [0.1, 0.15) is 17.3 Å². The molecule has 0 bridgehead atoms. The molecule has 1 saturated heterocycles. The number of carbonyl (C=O) groups excluding carboxylic acids is 1. The zero-order valence-corrected chi connectivity index (χ0v) is 18.7. The van der Waals surface area contributed by atoms with Crippen LogP contribution in [0.25, 0.3) is 11.1 Å². The van der Waals surface area contributed by atoms with Crippen LogP contribution < -0.4 is 20.9 Å². The first-order valence-corrected chi connectivity index (χ1v) is 11.3. The number of hydrogen-bond acceptors (Lipinski definition) is 5. The van der Waals surface area contributed by atoms with Crippen molar-refractivity contribution in [3.63, 3.8) is 0 Å². The first-order valence-electron chi connectivity index (χ1n) is 11.3. The Hall–Kier alpha value is -3.49. The molecule has 7 nitrogen and oxygen atoms in total. The van der Waals surface area contributed by atoms with E-state index in [1.54, 1.807) is 35.9 Å². The SMILES string of the molecule is COc1ccccc1-c1ccc2n(c1=O)C[C@@H]1[C@@H](CO)[C@H](C(=O)NCc3ccccc3F)N[C@H]21. The lowest BCUT2D eigenvalue weighted by Gasteiger charge is -2.21. The Morgan fingerprint density at radius 2 is 1.91 bits per heavy atom. The number of aromatic nitrogens is 1. The van der Waals surface area contributed by atoms with Crippen molar-refractivity contribution in [2.45, 2.75) is 25.2 Å². The van der Waals surface area contributed by atoms with E-state index in [2.05, 4.69) is 10.6 Å². The van der Waals surface area contributed by atoms with Crippen LogP contribution in [0, 0.1) is 17.7 Å². The Kier molecular flexibility index (Phi) is 5.93. The van der Waals surface area contributed by atoms with Crippen LogP contribution in [0.5, 0.6) is 5.75 Å². The predicted molar refractivity (Wildman–Crippen MR) is 125 cm³/mol. The molecule has 34 heavy (non-hydrogen) atoms. The number of nitrogens with zero attached hydrogens (tertiary/aromatic N) is 1. The van der Waals surface area contributed by atoms with Crippen molar-refractivity contribution in [2.24, 2.45) is 11.8 Å². The van der Waals surface area contributed by atoms with Gasteiger partial charge in [0, 0.05) is 48.4 Å². The quantitative estimate of drug-likeness (QED) is 0.522. The lowest BCUT2D eigenvalue weighted by Crippen LogP contribution is -2.46. The van der Waals surface area contributed by atoms with E-state index in [1.807, 2.05) is 30.3 Å². The number of benzene rings is 2. The normalized spacial score (nSPS) is 22.8. The Labute approximate surface area is 196 Å². The smallest absolute Gasteiger partial charge is 0.258 e. The molecule has 1 aromatic heterocycles. The van der Waals surface area contributed by atoms with E-state index >= 15 is 0 Å². The van der Waals surface area contributed by atoms with Crippen LogP contribution in [0.4, 0.5) is 4.39 Å². The number of ether oxygens (including phenoxy) is 1. The van der Waals surface area contributed by atoms with Gasteiger partial charge in [0.05, 0.1) is 24.8 Å². The van der Waals surface area contributed by atoms with Gasteiger partial charge in [-0.1, -0.05) is 36.4 Å². The van der Waals surface area contributed by atoms with E-state index in [9.17, 15) is 19.1 Å². The molecule has 0 saturated carbocycles. The fourth-order valence-corrected chi connectivity index (χ4v) is 5.26. The summed E-state index contributed by atoms with van der Waals surface area (Å²) in [6.07, 6.45) is 0. The first-order chi connectivity index (χ1) is 16.5. The van der Waals surface area contributed by atoms with Crippen LogP contribution in [0.2, 0.25) is 0 Å². The average molecular weight is 464 g/mol. The molecule has 1 fully saturated rings. The molecule has 0 unspecified atom stereocenters. The highest BCUT2D eigenvalue weighted by Gasteiger charge is 2.50. The topological polar surface area (TPSA) is 92.6 Å². The number of nitrogens with one attached hydrogen (secondary N) is 2. The van der Waals surface area contributed by atoms with E-state index in [0.717, 1.165) is 11.3 Å². The van der Waals surface area contributed by atoms with Crippen molar-refractivity contribution >= 4 is 5.91 Å². The molecular weight excluding hydrogens is 437 g/mol. The van der Waals surface area contributed by atoms with Crippen LogP contribution in [-0.4, -0.2) is 35.3 Å². The maximum Gasteiger partial charge on any atom is 0.258 e. The van der Waals surface area contributed by atoms with Gasteiger partial charge in [0.25, 0.3) is 5.56 Å². The minimum Gasteiger partial charge on any atom is -0.496 e. The number of para-hydroxylation sites is 1. The maximum absolute atomic E-state index is 13.9. The third-order valence-corrected chi connectivity index (χ3v) is 6.99. The Balaban J connectivity index is 1.38. The number of aliphatic hydroxyl groups is 1. The van der Waals surface area contributed by atoms with Gasteiger partial charge >= 0.3 is 0 Å². The minimum atomic E-state index is -0.635. The fourth-order valence-electron chi connectivity index (χ4n) is 5.26. The largest absolute Gasteiger partial charge is 0.496 e. The first kappa shape index (κ1) is 22.3. The monoisotopic (exact) mass is 463 g/mol. The number of pyridine rings is 1. The van der Waals surface area contributed by atoms with Gasteiger partial charge in [-0.05, 0) is 24.3 Å². The highest BCUT2D eigenvalue weighted by molar-refractivity contribution is 5.82.